The molecule has 29 heavy (non-hydrogen) atoms. The van der Waals surface area contributed by atoms with Crippen LogP contribution in [0.1, 0.15) is 77.6 Å². The average molecular weight is 393 g/mol. The van der Waals surface area contributed by atoms with Crippen LogP contribution in [0.4, 0.5) is 11.4 Å². The maximum Gasteiger partial charge on any atom is 0.0949 e. The van der Waals surface area contributed by atoms with E-state index in [-0.39, 0.29) is 0 Å². The molecule has 0 aliphatic carbocycles. The number of nitrogens with zero attached hydrogens (tertiary/aromatic N) is 1. The SMILES string of the molecule is C=Nc1c(N)c(C(=N)/C(C(C)=C(C)C)=C(C)\C(C)=C/C)c(CC)c(CC)c1C=N. The van der Waals surface area contributed by atoms with Crippen molar-refractivity contribution in [2.24, 2.45) is 4.99 Å². The van der Waals surface area contributed by atoms with E-state index in [0.717, 1.165) is 51.8 Å². The summed E-state index contributed by atoms with van der Waals surface area (Å²) in [5.74, 6) is 0. The summed E-state index contributed by atoms with van der Waals surface area (Å²) in [7, 11) is 0. The topological polar surface area (TPSA) is 86.1 Å². The molecule has 0 saturated heterocycles. The Kier molecular flexibility index (Phi) is 8.50. The summed E-state index contributed by atoms with van der Waals surface area (Å²) in [6.45, 7) is 20.1. The molecule has 0 atom stereocenters. The molecule has 1 aromatic carbocycles. The van der Waals surface area contributed by atoms with E-state index in [0.29, 0.717) is 22.6 Å². The van der Waals surface area contributed by atoms with Crippen LogP contribution in [0.25, 0.3) is 0 Å². The van der Waals surface area contributed by atoms with Crippen molar-refractivity contribution in [3.05, 3.63) is 56.2 Å². The Bertz CT molecular complexity index is 936. The molecule has 0 unspecified atom stereocenters. The highest BCUT2D eigenvalue weighted by molar-refractivity contribution is 6.19. The molecule has 0 aromatic heterocycles. The quantitative estimate of drug-likeness (QED) is 0.256. The zero-order valence-electron chi connectivity index (χ0n) is 19.3. The van der Waals surface area contributed by atoms with Gasteiger partial charge in [0.2, 0.25) is 0 Å². The zero-order valence-corrected chi connectivity index (χ0v) is 19.3. The first kappa shape index (κ1) is 24.3. The number of rotatable bonds is 8. The van der Waals surface area contributed by atoms with Gasteiger partial charge in [0.1, 0.15) is 0 Å². The van der Waals surface area contributed by atoms with Crippen molar-refractivity contribution in [3.63, 3.8) is 0 Å². The monoisotopic (exact) mass is 392 g/mol. The third-order valence-corrected chi connectivity index (χ3v) is 5.80. The van der Waals surface area contributed by atoms with Crippen molar-refractivity contribution in [1.82, 2.24) is 0 Å². The minimum absolute atomic E-state index is 0.410. The van der Waals surface area contributed by atoms with Gasteiger partial charge in [-0.05, 0) is 83.4 Å². The largest absolute Gasteiger partial charge is 0.396 e. The molecule has 1 aromatic rings. The molecule has 0 radical (unpaired) electrons. The van der Waals surface area contributed by atoms with Crippen LogP contribution in [0.3, 0.4) is 0 Å². The lowest BCUT2D eigenvalue weighted by atomic mass is 9.82. The molecule has 0 saturated carbocycles. The molecule has 4 nitrogen and oxygen atoms in total. The minimum Gasteiger partial charge on any atom is -0.396 e. The van der Waals surface area contributed by atoms with Crippen molar-refractivity contribution in [2.75, 3.05) is 5.73 Å². The number of nitrogens with two attached hydrogens (primary N) is 1. The fraction of sp³-hybridized carbons (Fsp3) is 0.400. The van der Waals surface area contributed by atoms with Crippen molar-refractivity contribution in [2.45, 2.75) is 68.2 Å². The lowest BCUT2D eigenvalue weighted by Crippen LogP contribution is -2.17. The van der Waals surface area contributed by atoms with Crippen LogP contribution in [-0.2, 0) is 12.8 Å². The van der Waals surface area contributed by atoms with Crippen LogP contribution >= 0.6 is 0 Å². The first-order valence-corrected chi connectivity index (χ1v) is 10.1. The van der Waals surface area contributed by atoms with E-state index >= 15 is 0 Å². The fourth-order valence-corrected chi connectivity index (χ4v) is 3.73. The van der Waals surface area contributed by atoms with Gasteiger partial charge < -0.3 is 11.1 Å². The van der Waals surface area contributed by atoms with Gasteiger partial charge in [0.25, 0.3) is 0 Å². The third kappa shape index (κ3) is 4.47. The van der Waals surface area contributed by atoms with Crippen molar-refractivity contribution in [1.29, 1.82) is 10.8 Å². The van der Waals surface area contributed by atoms with Crippen molar-refractivity contribution >= 4 is 30.0 Å². The summed E-state index contributed by atoms with van der Waals surface area (Å²) in [5.41, 5.74) is 16.7. The first-order chi connectivity index (χ1) is 13.6. The molecule has 0 heterocycles. The molecule has 0 bridgehead atoms. The van der Waals surface area contributed by atoms with Gasteiger partial charge in [0, 0.05) is 22.9 Å². The third-order valence-electron chi connectivity index (χ3n) is 5.80. The highest BCUT2D eigenvalue weighted by Crippen LogP contribution is 2.39. The number of anilines is 1. The van der Waals surface area contributed by atoms with Crippen LogP contribution < -0.4 is 5.73 Å². The normalized spacial score (nSPS) is 12.3. The first-order valence-electron chi connectivity index (χ1n) is 10.1. The Labute approximate surface area is 176 Å². The number of allylic oxidation sites excluding steroid dienone is 6. The molecular formula is C25H36N4. The van der Waals surface area contributed by atoms with Gasteiger partial charge in [-0.25, -0.2) is 0 Å². The molecule has 4 heteroatoms. The van der Waals surface area contributed by atoms with Crippen LogP contribution in [-0.4, -0.2) is 18.6 Å². The number of benzene rings is 1. The highest BCUT2D eigenvalue weighted by Gasteiger charge is 2.25. The lowest BCUT2D eigenvalue weighted by molar-refractivity contribution is 1.03. The van der Waals surface area contributed by atoms with Gasteiger partial charge in [-0.2, -0.15) is 0 Å². The summed E-state index contributed by atoms with van der Waals surface area (Å²) in [5, 5.41) is 17.1. The number of hydrogen-bond donors (Lipinski definition) is 3. The van der Waals surface area contributed by atoms with E-state index in [2.05, 4.69) is 66.3 Å². The van der Waals surface area contributed by atoms with Crippen molar-refractivity contribution in [3.8, 4) is 0 Å². The van der Waals surface area contributed by atoms with E-state index in [1.54, 1.807) is 0 Å². The standard InChI is InChI=1S/C25H36N4/c1-10-15(6)17(8)21(16(7)14(4)5)23(27)22-19(12-3)18(11-2)20(13-26)25(29-9)24(22)28/h10,13,26-27H,9,11-12,28H2,1-8H3/b15-10-,21-17-,26-13?,27-23?. The minimum atomic E-state index is 0.410. The Morgan fingerprint density at radius 3 is 1.97 bits per heavy atom. The van der Waals surface area contributed by atoms with Crippen LogP contribution in [0, 0.1) is 10.8 Å². The van der Waals surface area contributed by atoms with E-state index in [9.17, 15) is 5.41 Å². The van der Waals surface area contributed by atoms with Crippen LogP contribution in [0.5, 0.6) is 0 Å². The second-order valence-electron chi connectivity index (χ2n) is 7.49. The van der Waals surface area contributed by atoms with E-state index < -0.39 is 0 Å². The molecule has 0 fully saturated rings. The maximum absolute atomic E-state index is 9.25. The molecule has 0 aliphatic heterocycles. The molecular weight excluding hydrogens is 356 g/mol. The molecule has 0 aliphatic rings. The summed E-state index contributed by atoms with van der Waals surface area (Å²) >= 11 is 0. The van der Waals surface area contributed by atoms with Gasteiger partial charge in [-0.3, -0.25) is 10.4 Å². The summed E-state index contributed by atoms with van der Waals surface area (Å²) in [6.07, 6.45) is 4.84. The van der Waals surface area contributed by atoms with E-state index in [1.807, 2.05) is 6.92 Å². The summed E-state index contributed by atoms with van der Waals surface area (Å²) in [6, 6.07) is 0. The molecule has 156 valence electrons. The molecule has 1 rings (SSSR count). The smallest absolute Gasteiger partial charge is 0.0949 e. The second kappa shape index (κ2) is 10.1. The summed E-state index contributed by atoms with van der Waals surface area (Å²) in [4.78, 5) is 4.14. The highest BCUT2D eigenvalue weighted by atomic mass is 14.8. The van der Waals surface area contributed by atoms with E-state index in [4.69, 9.17) is 11.1 Å². The van der Waals surface area contributed by atoms with Crippen LogP contribution in [0.15, 0.2) is 38.9 Å². The molecule has 0 spiro atoms. The van der Waals surface area contributed by atoms with Crippen LogP contribution in [0.2, 0.25) is 0 Å². The Morgan fingerprint density at radius 1 is 1.03 bits per heavy atom. The number of aliphatic imine (C=N–C) groups is 1. The van der Waals surface area contributed by atoms with Gasteiger partial charge in [0.15, 0.2) is 0 Å². The maximum atomic E-state index is 9.25. The number of hydrogen-bond acceptors (Lipinski definition) is 4. The van der Waals surface area contributed by atoms with Gasteiger partial charge in [0.05, 0.1) is 17.1 Å². The van der Waals surface area contributed by atoms with Crippen molar-refractivity contribution < 1.29 is 0 Å². The molecule has 0 amide bonds. The van der Waals surface area contributed by atoms with Gasteiger partial charge in [-0.1, -0.05) is 31.1 Å². The predicted octanol–water partition coefficient (Wildman–Crippen LogP) is 6.73. The van der Waals surface area contributed by atoms with Gasteiger partial charge in [-0.15, -0.1) is 0 Å². The Balaban J connectivity index is 4.16. The number of nitrogens with one attached hydrogen (secondary N) is 2. The average Bonchev–Trinajstić information content (AvgIpc) is 2.71. The zero-order chi connectivity index (χ0) is 22.5. The predicted molar refractivity (Wildman–Crippen MR) is 130 cm³/mol. The Morgan fingerprint density at radius 2 is 1.59 bits per heavy atom. The van der Waals surface area contributed by atoms with E-state index in [1.165, 1.54) is 11.8 Å². The van der Waals surface area contributed by atoms with Gasteiger partial charge >= 0.3 is 0 Å². The Hall–Kier alpha value is -2.75. The number of nitrogen functional groups attached to an aromatic ring is 1. The fourth-order valence-electron chi connectivity index (χ4n) is 3.73. The second-order valence-corrected chi connectivity index (χ2v) is 7.49. The summed E-state index contributed by atoms with van der Waals surface area (Å²) < 4.78 is 0. The lowest BCUT2D eigenvalue weighted by Gasteiger charge is -2.24. The molecule has 4 N–H and O–H groups in total.